The van der Waals surface area contributed by atoms with Crippen LogP contribution in [0.15, 0.2) is 18.3 Å². The van der Waals surface area contributed by atoms with Gasteiger partial charge in [-0.25, -0.2) is 9.78 Å². The molecule has 0 unspecified atom stereocenters. The summed E-state index contributed by atoms with van der Waals surface area (Å²) in [5.41, 5.74) is -3.45. The van der Waals surface area contributed by atoms with Crippen molar-refractivity contribution in [2.24, 2.45) is 0 Å². The summed E-state index contributed by atoms with van der Waals surface area (Å²) in [5.74, 6) is -3.14. The molecule has 116 valence electrons. The third-order valence-corrected chi connectivity index (χ3v) is 2.55. The number of pyridine rings is 1. The molecule has 0 bridgehead atoms. The molecule has 6 nitrogen and oxygen atoms in total. The number of rotatable bonds is 4. The number of carbonyl (C=O) groups excluding carboxylic acids is 2. The Morgan fingerprint density at radius 3 is 2.33 bits per heavy atom. The largest absolute Gasteiger partial charge is 0.466 e. The summed E-state index contributed by atoms with van der Waals surface area (Å²) < 4.78 is 44.1. The van der Waals surface area contributed by atoms with Crippen LogP contribution in [0.4, 0.5) is 19.0 Å². The predicted molar refractivity (Wildman–Crippen MR) is 67.5 cm³/mol. The van der Waals surface area contributed by atoms with Crippen LogP contribution in [-0.4, -0.2) is 35.8 Å². The van der Waals surface area contributed by atoms with Crippen LogP contribution in [0.3, 0.4) is 0 Å². The molecule has 0 aliphatic heterocycles. The topological polar surface area (TPSA) is 80.3 Å². The Hall–Kier alpha value is -2.03. The van der Waals surface area contributed by atoms with E-state index >= 15 is 0 Å². The molecule has 0 aliphatic carbocycles. The fourth-order valence-electron chi connectivity index (χ4n) is 1.45. The van der Waals surface area contributed by atoms with E-state index < -0.39 is 23.7 Å². The summed E-state index contributed by atoms with van der Waals surface area (Å²) in [6.07, 6.45) is -4.09. The number of nitrogens with one attached hydrogen (secondary N) is 2. The number of aromatic nitrogens is 1. The number of methoxy groups -OCH3 is 1. The maximum absolute atomic E-state index is 13.3. The van der Waals surface area contributed by atoms with E-state index in [0.29, 0.717) is 0 Å². The molecule has 0 saturated carbocycles. The fraction of sp³-hybridized carbons (Fsp3) is 0.364. The summed E-state index contributed by atoms with van der Waals surface area (Å²) in [6.45, 7) is 0.834. The van der Waals surface area contributed by atoms with Crippen LogP contribution in [0.5, 0.6) is 0 Å². The van der Waals surface area contributed by atoms with E-state index in [1.807, 2.05) is 5.32 Å². The van der Waals surface area contributed by atoms with Gasteiger partial charge in [0, 0.05) is 13.1 Å². The SMILES string of the molecule is COC(=O)[C@@](NC(C)=O)(Nc1ccc(Cl)cn1)C(F)(F)F. The van der Waals surface area contributed by atoms with Gasteiger partial charge in [-0.2, -0.15) is 13.2 Å². The van der Waals surface area contributed by atoms with Gasteiger partial charge in [0.15, 0.2) is 0 Å². The summed E-state index contributed by atoms with van der Waals surface area (Å²) in [6, 6.07) is 2.39. The van der Waals surface area contributed by atoms with Crippen molar-refractivity contribution in [3.63, 3.8) is 0 Å². The Balaban J connectivity index is 3.30. The first-order valence-electron chi connectivity index (χ1n) is 5.46. The third kappa shape index (κ3) is 3.75. The lowest BCUT2D eigenvalue weighted by Gasteiger charge is -2.34. The zero-order valence-electron chi connectivity index (χ0n) is 10.9. The number of alkyl halides is 3. The number of esters is 1. The number of nitrogens with zero attached hydrogens (tertiary/aromatic N) is 1. The Kier molecular flexibility index (Phi) is 5.00. The van der Waals surface area contributed by atoms with Gasteiger partial charge in [-0.3, -0.25) is 4.79 Å². The minimum atomic E-state index is -5.17. The smallest absolute Gasteiger partial charge is 0.441 e. The molecule has 21 heavy (non-hydrogen) atoms. The summed E-state index contributed by atoms with van der Waals surface area (Å²) in [5, 5.41) is 3.56. The van der Waals surface area contributed by atoms with Crippen LogP contribution in [0, 0.1) is 0 Å². The molecule has 0 aromatic carbocycles. The Morgan fingerprint density at radius 2 is 1.95 bits per heavy atom. The normalized spacial score (nSPS) is 14.0. The average Bonchev–Trinajstić information content (AvgIpc) is 2.37. The van der Waals surface area contributed by atoms with E-state index in [1.54, 1.807) is 0 Å². The van der Waals surface area contributed by atoms with Crippen molar-refractivity contribution in [2.45, 2.75) is 18.8 Å². The van der Waals surface area contributed by atoms with Crippen LogP contribution in [0.1, 0.15) is 6.92 Å². The lowest BCUT2D eigenvalue weighted by molar-refractivity contribution is -0.206. The molecule has 0 saturated heterocycles. The second kappa shape index (κ2) is 6.17. The van der Waals surface area contributed by atoms with Gasteiger partial charge in [-0.1, -0.05) is 11.6 Å². The predicted octanol–water partition coefficient (Wildman–Crippen LogP) is 1.71. The van der Waals surface area contributed by atoms with Crippen LogP contribution >= 0.6 is 11.6 Å². The number of anilines is 1. The number of hydrogen-bond donors (Lipinski definition) is 2. The molecule has 1 aromatic rings. The molecule has 0 fully saturated rings. The standard InChI is InChI=1S/C11H11ClF3N3O3/c1-6(19)17-10(9(20)21-2,11(13,14)15)18-8-4-3-7(12)5-16-8/h3-5H,1-2H3,(H,16,18)(H,17,19)/t10-/m1/s1. The van der Waals surface area contributed by atoms with Gasteiger partial charge in [0.2, 0.25) is 5.91 Å². The molecule has 1 heterocycles. The molecule has 1 rings (SSSR count). The van der Waals surface area contributed by atoms with E-state index in [-0.39, 0.29) is 10.8 Å². The summed E-state index contributed by atoms with van der Waals surface area (Å²) in [7, 11) is 0.765. The number of halogens is 4. The molecule has 1 atom stereocenters. The number of amides is 1. The highest BCUT2D eigenvalue weighted by Gasteiger charge is 2.63. The first kappa shape index (κ1) is 17.0. The van der Waals surface area contributed by atoms with E-state index in [0.717, 1.165) is 26.3 Å². The van der Waals surface area contributed by atoms with Gasteiger partial charge in [0.25, 0.3) is 0 Å². The van der Waals surface area contributed by atoms with E-state index in [2.05, 4.69) is 9.72 Å². The molecule has 1 amide bonds. The maximum Gasteiger partial charge on any atom is 0.441 e. The van der Waals surface area contributed by atoms with Gasteiger partial charge in [0.1, 0.15) is 5.82 Å². The monoisotopic (exact) mass is 325 g/mol. The van der Waals surface area contributed by atoms with E-state index in [4.69, 9.17) is 11.6 Å². The van der Waals surface area contributed by atoms with Gasteiger partial charge in [-0.05, 0) is 12.1 Å². The van der Waals surface area contributed by atoms with E-state index in [1.165, 1.54) is 11.4 Å². The molecule has 0 aliphatic rings. The van der Waals surface area contributed by atoms with Crippen LogP contribution in [0.25, 0.3) is 0 Å². The number of hydrogen-bond acceptors (Lipinski definition) is 5. The maximum atomic E-state index is 13.3. The molecular formula is C11H11ClF3N3O3. The van der Waals surface area contributed by atoms with Crippen molar-refractivity contribution in [2.75, 3.05) is 12.4 Å². The molecular weight excluding hydrogens is 315 g/mol. The van der Waals surface area contributed by atoms with Crippen molar-refractivity contribution in [3.8, 4) is 0 Å². The minimum absolute atomic E-state index is 0.191. The highest BCUT2D eigenvalue weighted by Crippen LogP contribution is 2.32. The molecule has 10 heteroatoms. The number of ether oxygens (including phenoxy) is 1. The quantitative estimate of drug-likeness (QED) is 0.651. The average molecular weight is 326 g/mol. The summed E-state index contributed by atoms with van der Waals surface area (Å²) >= 11 is 5.57. The Labute approximate surface area is 122 Å². The summed E-state index contributed by atoms with van der Waals surface area (Å²) in [4.78, 5) is 26.3. The molecule has 1 aromatic heterocycles. The van der Waals surface area contributed by atoms with E-state index in [9.17, 15) is 22.8 Å². The molecule has 0 spiro atoms. The van der Waals surface area contributed by atoms with Gasteiger partial charge < -0.3 is 15.4 Å². The van der Waals surface area contributed by atoms with Gasteiger partial charge in [-0.15, -0.1) is 0 Å². The highest BCUT2D eigenvalue weighted by molar-refractivity contribution is 6.30. The van der Waals surface area contributed by atoms with Crippen molar-refractivity contribution in [3.05, 3.63) is 23.4 Å². The first-order valence-corrected chi connectivity index (χ1v) is 5.84. The lowest BCUT2D eigenvalue weighted by Crippen LogP contribution is -2.69. The molecule has 2 N–H and O–H groups in total. The highest BCUT2D eigenvalue weighted by atomic mass is 35.5. The van der Waals surface area contributed by atoms with Gasteiger partial charge in [0.05, 0.1) is 12.1 Å². The lowest BCUT2D eigenvalue weighted by atomic mass is 10.1. The Bertz CT molecular complexity index is 536. The minimum Gasteiger partial charge on any atom is -0.466 e. The molecule has 0 radical (unpaired) electrons. The third-order valence-electron chi connectivity index (χ3n) is 2.32. The second-order valence-electron chi connectivity index (χ2n) is 3.91. The Morgan fingerprint density at radius 1 is 1.33 bits per heavy atom. The fourth-order valence-corrected chi connectivity index (χ4v) is 1.56. The van der Waals surface area contributed by atoms with Crippen molar-refractivity contribution in [1.29, 1.82) is 0 Å². The van der Waals surface area contributed by atoms with Crippen LogP contribution in [-0.2, 0) is 14.3 Å². The second-order valence-corrected chi connectivity index (χ2v) is 4.34. The van der Waals surface area contributed by atoms with Crippen LogP contribution in [0.2, 0.25) is 5.02 Å². The van der Waals surface area contributed by atoms with Crippen molar-refractivity contribution >= 4 is 29.3 Å². The zero-order chi connectivity index (χ0) is 16.3. The first-order chi connectivity index (χ1) is 9.62. The van der Waals surface area contributed by atoms with Crippen molar-refractivity contribution in [1.82, 2.24) is 10.3 Å². The zero-order valence-corrected chi connectivity index (χ0v) is 11.7. The van der Waals surface area contributed by atoms with Crippen LogP contribution < -0.4 is 10.6 Å². The van der Waals surface area contributed by atoms with Gasteiger partial charge >= 0.3 is 17.8 Å². The van der Waals surface area contributed by atoms with Crippen molar-refractivity contribution < 1.29 is 27.5 Å². The number of carbonyl (C=O) groups is 2.